The predicted molar refractivity (Wildman–Crippen MR) is 70.3 cm³/mol. The molecule has 1 aliphatic rings. The monoisotopic (exact) mass is 297 g/mol. The molecule has 0 saturated carbocycles. The molecule has 2 atom stereocenters. The second-order valence-electron chi connectivity index (χ2n) is 5.07. The van der Waals surface area contributed by atoms with Crippen LogP contribution in [0.3, 0.4) is 0 Å². The molecular weight excluding hydrogens is 281 g/mol. The van der Waals surface area contributed by atoms with E-state index in [1.807, 2.05) is 0 Å². The summed E-state index contributed by atoms with van der Waals surface area (Å²) in [5.41, 5.74) is -0.100. The number of carbonyl (C=O) groups excluding carboxylic acids is 1. The first-order valence-electron chi connectivity index (χ1n) is 6.52. The van der Waals surface area contributed by atoms with Crippen molar-refractivity contribution in [2.75, 3.05) is 13.2 Å². The Morgan fingerprint density at radius 3 is 2.67 bits per heavy atom. The van der Waals surface area contributed by atoms with Gasteiger partial charge in [-0.15, -0.1) is 0 Å². The Bertz CT molecular complexity index is 562. The van der Waals surface area contributed by atoms with Crippen LogP contribution in [0, 0.1) is 5.82 Å². The Kier molecular flexibility index (Phi) is 4.54. The van der Waals surface area contributed by atoms with Crippen LogP contribution in [-0.2, 0) is 11.2 Å². The minimum Gasteiger partial charge on any atom is -0.478 e. The third-order valence-corrected chi connectivity index (χ3v) is 3.54. The maximum atomic E-state index is 13.5. The van der Waals surface area contributed by atoms with Crippen molar-refractivity contribution in [2.24, 2.45) is 0 Å². The van der Waals surface area contributed by atoms with Gasteiger partial charge in [0.05, 0.1) is 30.7 Å². The first kappa shape index (κ1) is 15.4. The van der Waals surface area contributed by atoms with Crippen LogP contribution in [0.2, 0.25) is 0 Å². The fraction of sp³-hybridized carbons (Fsp3) is 0.429. The summed E-state index contributed by atoms with van der Waals surface area (Å²) in [4.78, 5) is 24.2. The highest BCUT2D eigenvalue weighted by Crippen LogP contribution is 2.19. The van der Waals surface area contributed by atoms with Crippen LogP contribution in [0.5, 0.6) is 0 Å². The number of rotatable bonds is 4. The molecule has 0 unspecified atom stereocenters. The molecule has 3 N–H and O–H groups in total. The number of aromatic carboxylic acids is 1. The van der Waals surface area contributed by atoms with Crippen molar-refractivity contribution in [2.45, 2.75) is 25.0 Å². The van der Waals surface area contributed by atoms with E-state index in [9.17, 15) is 24.2 Å². The third kappa shape index (κ3) is 3.37. The number of benzene rings is 1. The molecule has 21 heavy (non-hydrogen) atoms. The Morgan fingerprint density at radius 1 is 1.38 bits per heavy atom. The number of amides is 1. The molecule has 6 nitrogen and oxygen atoms in total. The number of carboxylic acid groups (broad SMARTS) is 1. The topological polar surface area (TPSA) is 98.1 Å². The largest absolute Gasteiger partial charge is 0.478 e. The molecule has 1 saturated heterocycles. The highest BCUT2D eigenvalue weighted by molar-refractivity contribution is 5.88. The Labute approximate surface area is 120 Å². The molecule has 1 aliphatic heterocycles. The van der Waals surface area contributed by atoms with Crippen molar-refractivity contribution in [1.82, 2.24) is 4.90 Å². The quantitative estimate of drug-likeness (QED) is 0.728. The number of likely N-dealkylation sites (tertiary alicyclic amines) is 1. The molecule has 1 fully saturated rings. The lowest BCUT2D eigenvalue weighted by Crippen LogP contribution is -2.38. The van der Waals surface area contributed by atoms with Gasteiger partial charge in [0.25, 0.3) is 0 Å². The average molecular weight is 297 g/mol. The van der Waals surface area contributed by atoms with Gasteiger partial charge in [-0.1, -0.05) is 6.07 Å². The fourth-order valence-corrected chi connectivity index (χ4v) is 2.49. The Balaban J connectivity index is 2.09. The molecule has 0 radical (unpaired) electrons. The highest BCUT2D eigenvalue weighted by Gasteiger charge is 2.33. The molecule has 114 valence electrons. The maximum Gasteiger partial charge on any atom is 0.338 e. The molecule has 2 rings (SSSR count). The second-order valence-corrected chi connectivity index (χ2v) is 5.07. The predicted octanol–water partition coefficient (Wildman–Crippen LogP) is 0.0205. The summed E-state index contributed by atoms with van der Waals surface area (Å²) in [6.07, 6.45) is -0.466. The van der Waals surface area contributed by atoms with Crippen molar-refractivity contribution in [1.29, 1.82) is 0 Å². The normalized spacial score (nSPS) is 21.6. The number of aliphatic hydroxyl groups is 2. The minimum atomic E-state index is -1.37. The minimum absolute atomic E-state index is 0.111. The van der Waals surface area contributed by atoms with Gasteiger partial charge in [0.15, 0.2) is 0 Å². The van der Waals surface area contributed by atoms with Gasteiger partial charge in [0.2, 0.25) is 5.91 Å². The Morgan fingerprint density at radius 2 is 2.10 bits per heavy atom. The summed E-state index contributed by atoms with van der Waals surface area (Å²) in [5.74, 6) is -2.60. The van der Waals surface area contributed by atoms with Crippen molar-refractivity contribution in [3.8, 4) is 0 Å². The zero-order chi connectivity index (χ0) is 15.6. The molecule has 0 aromatic heterocycles. The van der Waals surface area contributed by atoms with Gasteiger partial charge >= 0.3 is 5.97 Å². The van der Waals surface area contributed by atoms with Crippen molar-refractivity contribution >= 4 is 11.9 Å². The van der Waals surface area contributed by atoms with E-state index in [2.05, 4.69) is 0 Å². The summed E-state index contributed by atoms with van der Waals surface area (Å²) in [6, 6.07) is 3.07. The molecule has 1 aromatic rings. The number of hydrogen-bond acceptors (Lipinski definition) is 4. The maximum absolute atomic E-state index is 13.5. The van der Waals surface area contributed by atoms with Crippen LogP contribution in [0.1, 0.15) is 22.3 Å². The van der Waals surface area contributed by atoms with Crippen LogP contribution in [0.25, 0.3) is 0 Å². The molecular formula is C14H16FNO5. The van der Waals surface area contributed by atoms with Gasteiger partial charge in [-0.2, -0.15) is 0 Å². The molecule has 1 amide bonds. The second kappa shape index (κ2) is 6.19. The molecule has 0 spiro atoms. The Hall–Kier alpha value is -1.99. The van der Waals surface area contributed by atoms with E-state index in [0.29, 0.717) is 12.0 Å². The zero-order valence-electron chi connectivity index (χ0n) is 11.2. The van der Waals surface area contributed by atoms with Gasteiger partial charge in [0, 0.05) is 6.54 Å². The fourth-order valence-electron chi connectivity index (χ4n) is 2.49. The number of carboxylic acids is 1. The van der Waals surface area contributed by atoms with E-state index in [4.69, 9.17) is 5.11 Å². The number of hydrogen-bond donors (Lipinski definition) is 3. The van der Waals surface area contributed by atoms with Crippen LogP contribution < -0.4 is 0 Å². The number of nitrogens with zero attached hydrogens (tertiary/aromatic N) is 1. The van der Waals surface area contributed by atoms with E-state index in [-0.39, 0.29) is 25.5 Å². The highest BCUT2D eigenvalue weighted by atomic mass is 19.1. The SMILES string of the molecule is O=C(O)c1ccc(CC(=O)N2C[C@@H](O)C[C@H]2CO)cc1F. The van der Waals surface area contributed by atoms with Crippen molar-refractivity contribution in [3.05, 3.63) is 35.1 Å². The van der Waals surface area contributed by atoms with Crippen molar-refractivity contribution in [3.63, 3.8) is 0 Å². The molecule has 0 aliphatic carbocycles. The first-order valence-corrected chi connectivity index (χ1v) is 6.52. The summed E-state index contributed by atoms with van der Waals surface area (Å²) in [6.45, 7) is -0.102. The van der Waals surface area contributed by atoms with Gasteiger partial charge in [-0.25, -0.2) is 9.18 Å². The summed E-state index contributed by atoms with van der Waals surface area (Å²) >= 11 is 0. The van der Waals surface area contributed by atoms with E-state index in [1.165, 1.54) is 11.0 Å². The van der Waals surface area contributed by atoms with Crippen LogP contribution in [0.4, 0.5) is 4.39 Å². The van der Waals surface area contributed by atoms with Crippen LogP contribution in [-0.4, -0.2) is 57.4 Å². The lowest BCUT2D eigenvalue weighted by molar-refractivity contribution is -0.132. The standard InChI is InChI=1S/C14H16FNO5/c15-12-3-8(1-2-11(12)14(20)21)4-13(19)16-6-10(18)5-9(16)7-17/h1-3,9-10,17-18H,4-7H2,(H,20,21)/t9-,10-/m0/s1. The number of β-amino-alcohol motifs (C(OH)–C–C–N with tert-alkyl or cyclic N) is 1. The van der Waals surface area contributed by atoms with E-state index < -0.39 is 29.5 Å². The number of halogens is 1. The number of aliphatic hydroxyl groups excluding tert-OH is 2. The van der Waals surface area contributed by atoms with Crippen LogP contribution >= 0.6 is 0 Å². The van der Waals surface area contributed by atoms with Crippen molar-refractivity contribution < 1.29 is 29.3 Å². The van der Waals surface area contributed by atoms with Gasteiger partial charge in [0.1, 0.15) is 5.82 Å². The molecule has 1 heterocycles. The van der Waals surface area contributed by atoms with E-state index >= 15 is 0 Å². The number of carbonyl (C=O) groups is 2. The first-order chi connectivity index (χ1) is 9.92. The summed E-state index contributed by atoms with van der Waals surface area (Å²) in [7, 11) is 0. The third-order valence-electron chi connectivity index (χ3n) is 3.54. The van der Waals surface area contributed by atoms with E-state index in [1.54, 1.807) is 0 Å². The lowest BCUT2D eigenvalue weighted by Gasteiger charge is -2.22. The summed E-state index contributed by atoms with van der Waals surface area (Å²) < 4.78 is 13.5. The van der Waals surface area contributed by atoms with Gasteiger partial charge in [-0.05, 0) is 24.1 Å². The molecule has 0 bridgehead atoms. The molecule has 7 heteroatoms. The van der Waals surface area contributed by atoms with Crippen LogP contribution in [0.15, 0.2) is 18.2 Å². The summed E-state index contributed by atoms with van der Waals surface area (Å²) in [5, 5.41) is 27.4. The van der Waals surface area contributed by atoms with E-state index in [0.717, 1.165) is 12.1 Å². The smallest absolute Gasteiger partial charge is 0.338 e. The average Bonchev–Trinajstić information content (AvgIpc) is 2.79. The zero-order valence-corrected chi connectivity index (χ0v) is 11.2. The lowest BCUT2D eigenvalue weighted by atomic mass is 10.1. The van der Waals surface area contributed by atoms with Gasteiger partial charge in [-0.3, -0.25) is 4.79 Å². The van der Waals surface area contributed by atoms with Gasteiger partial charge < -0.3 is 20.2 Å². The molecule has 1 aromatic carbocycles.